The van der Waals surface area contributed by atoms with Crippen molar-refractivity contribution in [3.8, 4) is 0 Å². The lowest BCUT2D eigenvalue weighted by atomic mass is 10.0. The second-order valence-electron chi connectivity index (χ2n) is 6.44. The van der Waals surface area contributed by atoms with Crippen LogP contribution < -0.4 is 5.32 Å². The van der Waals surface area contributed by atoms with Gasteiger partial charge >= 0.3 is 0 Å². The highest BCUT2D eigenvalue weighted by atomic mass is 19.3. The Morgan fingerprint density at radius 2 is 1.95 bits per heavy atom. The minimum Gasteiger partial charge on any atom is -0.312 e. The van der Waals surface area contributed by atoms with Crippen molar-refractivity contribution in [1.82, 2.24) is 10.2 Å². The van der Waals surface area contributed by atoms with E-state index in [1.807, 2.05) is 11.8 Å². The van der Waals surface area contributed by atoms with E-state index in [1.165, 1.54) is 12.1 Å². The molecule has 0 bridgehead atoms. The Kier molecular flexibility index (Phi) is 5.33. The van der Waals surface area contributed by atoms with Crippen molar-refractivity contribution >= 4 is 0 Å². The van der Waals surface area contributed by atoms with E-state index < -0.39 is 5.92 Å². The molecule has 0 spiro atoms. The van der Waals surface area contributed by atoms with E-state index in [4.69, 9.17) is 0 Å². The van der Waals surface area contributed by atoms with Gasteiger partial charge in [-0.15, -0.1) is 0 Å². The highest BCUT2D eigenvalue weighted by molar-refractivity contribution is 5.20. The molecule has 1 saturated heterocycles. The summed E-state index contributed by atoms with van der Waals surface area (Å²) in [6.07, 6.45) is 0.911. The molecule has 0 aromatic heterocycles. The number of benzene rings is 1. The molecule has 1 heterocycles. The number of halogens is 2. The van der Waals surface area contributed by atoms with Crippen LogP contribution in [0.25, 0.3) is 0 Å². The minimum atomic E-state index is -2.80. The van der Waals surface area contributed by atoms with E-state index in [-0.39, 0.29) is 24.2 Å². The summed E-state index contributed by atoms with van der Waals surface area (Å²) in [6.45, 7) is 7.70. The van der Waals surface area contributed by atoms with Crippen LogP contribution in [0.15, 0.2) is 30.3 Å². The van der Waals surface area contributed by atoms with Crippen LogP contribution in [0.2, 0.25) is 0 Å². The summed E-state index contributed by atoms with van der Waals surface area (Å²) < 4.78 is 29.0. The predicted octanol–water partition coefficient (Wildman–Crippen LogP) is 3.49. The van der Waals surface area contributed by atoms with E-state index in [0.717, 1.165) is 13.0 Å². The molecule has 4 heteroatoms. The van der Waals surface area contributed by atoms with Crippen LogP contribution in [0.4, 0.5) is 8.78 Å². The van der Waals surface area contributed by atoms with E-state index >= 15 is 0 Å². The second-order valence-corrected chi connectivity index (χ2v) is 6.44. The molecule has 2 rings (SSSR count). The molecule has 0 aliphatic carbocycles. The van der Waals surface area contributed by atoms with E-state index in [0.29, 0.717) is 12.5 Å². The Labute approximate surface area is 126 Å². The fourth-order valence-electron chi connectivity index (χ4n) is 2.85. The first-order chi connectivity index (χ1) is 9.90. The zero-order chi connectivity index (χ0) is 15.5. The van der Waals surface area contributed by atoms with Gasteiger partial charge in [0.2, 0.25) is 0 Å². The third-order valence-corrected chi connectivity index (χ3v) is 4.43. The smallest absolute Gasteiger partial charge is 0.285 e. The zero-order valence-electron chi connectivity index (χ0n) is 13.2. The third kappa shape index (κ3) is 4.24. The van der Waals surface area contributed by atoms with Gasteiger partial charge in [0, 0.05) is 24.2 Å². The second kappa shape index (κ2) is 6.84. The van der Waals surface area contributed by atoms with Crippen LogP contribution in [0.5, 0.6) is 0 Å². The maximum absolute atomic E-state index is 14.5. The minimum absolute atomic E-state index is 0.107. The Morgan fingerprint density at radius 1 is 1.29 bits per heavy atom. The molecular formula is C17H26F2N2. The molecule has 1 aromatic rings. The van der Waals surface area contributed by atoms with Crippen molar-refractivity contribution in [3.63, 3.8) is 0 Å². The maximum Gasteiger partial charge on any atom is 0.285 e. The number of nitrogens with one attached hydrogen (secondary N) is 1. The van der Waals surface area contributed by atoms with E-state index in [9.17, 15) is 8.78 Å². The molecule has 21 heavy (non-hydrogen) atoms. The van der Waals surface area contributed by atoms with Crippen LogP contribution in [0.1, 0.15) is 32.8 Å². The molecular weight excluding hydrogens is 270 g/mol. The Bertz CT molecular complexity index is 434. The summed E-state index contributed by atoms with van der Waals surface area (Å²) in [5.41, 5.74) is 0.107. The number of hydrogen-bond donors (Lipinski definition) is 1. The van der Waals surface area contributed by atoms with Crippen molar-refractivity contribution in [2.45, 2.75) is 45.2 Å². The predicted molar refractivity (Wildman–Crippen MR) is 82.6 cm³/mol. The van der Waals surface area contributed by atoms with E-state index in [1.54, 1.807) is 18.2 Å². The largest absolute Gasteiger partial charge is 0.312 e. The fourth-order valence-corrected chi connectivity index (χ4v) is 2.85. The fraction of sp³-hybridized carbons (Fsp3) is 0.647. The molecule has 0 radical (unpaired) electrons. The number of alkyl halides is 2. The summed E-state index contributed by atoms with van der Waals surface area (Å²) in [4.78, 5) is 1.94. The van der Waals surface area contributed by atoms with Gasteiger partial charge in [-0.25, -0.2) is 0 Å². The van der Waals surface area contributed by atoms with E-state index in [2.05, 4.69) is 19.2 Å². The first-order valence-corrected chi connectivity index (χ1v) is 7.81. The van der Waals surface area contributed by atoms with Crippen LogP contribution in [-0.2, 0) is 5.92 Å². The van der Waals surface area contributed by atoms with Crippen molar-refractivity contribution in [2.24, 2.45) is 5.92 Å². The van der Waals surface area contributed by atoms with Gasteiger partial charge in [-0.1, -0.05) is 44.2 Å². The Hall–Kier alpha value is -1.00. The van der Waals surface area contributed by atoms with Gasteiger partial charge in [-0.3, -0.25) is 4.90 Å². The maximum atomic E-state index is 14.5. The molecule has 0 saturated carbocycles. The lowest BCUT2D eigenvalue weighted by molar-refractivity contribution is -0.0475. The molecule has 2 nitrogen and oxygen atoms in total. The average Bonchev–Trinajstić information content (AvgIpc) is 2.62. The standard InChI is InChI=1S/C17H26F2N2/c1-13(2)16-11-21(14(3)9-10-20-16)12-17(18,19)15-7-5-4-6-8-15/h4-8,13-14,16,20H,9-12H2,1-3H3. The third-order valence-electron chi connectivity index (χ3n) is 4.43. The van der Waals surface area contributed by atoms with Crippen LogP contribution in [0, 0.1) is 5.92 Å². The molecule has 1 N–H and O–H groups in total. The lowest BCUT2D eigenvalue weighted by Crippen LogP contribution is -2.46. The Morgan fingerprint density at radius 3 is 2.57 bits per heavy atom. The summed E-state index contributed by atoms with van der Waals surface area (Å²) in [5, 5.41) is 3.48. The van der Waals surface area contributed by atoms with Crippen molar-refractivity contribution in [3.05, 3.63) is 35.9 Å². The number of hydrogen-bond acceptors (Lipinski definition) is 2. The van der Waals surface area contributed by atoms with Crippen molar-refractivity contribution in [1.29, 1.82) is 0 Å². The highest BCUT2D eigenvalue weighted by Crippen LogP contribution is 2.30. The molecule has 1 aliphatic rings. The average molecular weight is 296 g/mol. The van der Waals surface area contributed by atoms with Crippen molar-refractivity contribution in [2.75, 3.05) is 19.6 Å². The zero-order valence-corrected chi connectivity index (χ0v) is 13.2. The molecule has 1 aliphatic heterocycles. The van der Waals surface area contributed by atoms with Crippen molar-refractivity contribution < 1.29 is 8.78 Å². The first-order valence-electron chi connectivity index (χ1n) is 7.81. The van der Waals surface area contributed by atoms with Crippen LogP contribution >= 0.6 is 0 Å². The van der Waals surface area contributed by atoms with Gasteiger partial charge in [0.25, 0.3) is 5.92 Å². The van der Waals surface area contributed by atoms with Gasteiger partial charge in [0.15, 0.2) is 0 Å². The molecule has 2 atom stereocenters. The molecule has 1 fully saturated rings. The van der Waals surface area contributed by atoms with Gasteiger partial charge in [0.1, 0.15) is 0 Å². The number of rotatable bonds is 4. The van der Waals surface area contributed by atoms with Gasteiger partial charge in [0.05, 0.1) is 6.54 Å². The topological polar surface area (TPSA) is 15.3 Å². The Balaban J connectivity index is 2.11. The summed E-state index contributed by atoms with van der Waals surface area (Å²) >= 11 is 0. The highest BCUT2D eigenvalue weighted by Gasteiger charge is 2.37. The summed E-state index contributed by atoms with van der Waals surface area (Å²) in [7, 11) is 0. The van der Waals surface area contributed by atoms with Gasteiger partial charge < -0.3 is 5.32 Å². The molecule has 0 amide bonds. The molecule has 118 valence electrons. The normalized spacial score (nSPS) is 25.0. The summed E-state index contributed by atoms with van der Waals surface area (Å²) in [5.74, 6) is -2.36. The molecule has 2 unspecified atom stereocenters. The van der Waals surface area contributed by atoms with Crippen LogP contribution in [0.3, 0.4) is 0 Å². The van der Waals surface area contributed by atoms with Gasteiger partial charge in [-0.2, -0.15) is 8.78 Å². The number of nitrogens with zero attached hydrogens (tertiary/aromatic N) is 1. The lowest BCUT2D eigenvalue weighted by Gasteiger charge is -2.33. The first kappa shape index (κ1) is 16.4. The molecule has 1 aromatic carbocycles. The summed E-state index contributed by atoms with van der Waals surface area (Å²) in [6, 6.07) is 8.60. The quantitative estimate of drug-likeness (QED) is 0.915. The van der Waals surface area contributed by atoms with Gasteiger partial charge in [-0.05, 0) is 25.8 Å². The van der Waals surface area contributed by atoms with Crippen LogP contribution in [-0.4, -0.2) is 36.6 Å². The SMILES string of the molecule is CC(C)C1CN(CC(F)(F)c2ccccc2)C(C)CCN1. The monoisotopic (exact) mass is 296 g/mol.